The smallest absolute Gasteiger partial charge is 0.274 e. The zero-order chi connectivity index (χ0) is 17.6. The SMILES string of the molecule is Cc1cc(CC(=NO)c2nonc2SCCNS(N)(=O)=O)ccn1. The quantitative estimate of drug-likeness (QED) is 0.193. The van der Waals surface area contributed by atoms with E-state index in [4.69, 9.17) is 9.77 Å². The summed E-state index contributed by atoms with van der Waals surface area (Å²) in [5, 5.41) is 25.3. The lowest BCUT2D eigenvalue weighted by atomic mass is 10.1. The van der Waals surface area contributed by atoms with Crippen LogP contribution in [-0.2, 0) is 16.6 Å². The summed E-state index contributed by atoms with van der Waals surface area (Å²) in [5.74, 6) is 0.352. The Bertz CT molecular complexity index is 820. The number of nitrogens with one attached hydrogen (secondary N) is 1. The van der Waals surface area contributed by atoms with Crippen molar-refractivity contribution in [3.63, 3.8) is 0 Å². The molecule has 0 saturated heterocycles. The van der Waals surface area contributed by atoms with Crippen molar-refractivity contribution in [3.05, 3.63) is 35.3 Å². The number of aromatic nitrogens is 3. The standard InChI is InChI=1S/C12H16N6O4S2/c1-8-6-9(2-3-14-8)7-10(16-19)11-12(18-22-17-11)23-5-4-15-24(13,20)21/h2-3,6,15,19H,4-5,7H2,1H3,(H2,13,20,21). The van der Waals surface area contributed by atoms with Gasteiger partial charge >= 0.3 is 0 Å². The Balaban J connectivity index is 2.04. The number of aryl methyl sites for hydroxylation is 1. The van der Waals surface area contributed by atoms with Crippen LogP contribution in [-0.4, -0.2) is 46.9 Å². The predicted molar refractivity (Wildman–Crippen MR) is 87.1 cm³/mol. The third-order valence-electron chi connectivity index (χ3n) is 2.83. The number of hydrogen-bond acceptors (Lipinski definition) is 9. The second kappa shape index (κ2) is 8.19. The Kier molecular flexibility index (Phi) is 6.25. The fourth-order valence-electron chi connectivity index (χ4n) is 1.86. The maximum absolute atomic E-state index is 10.8. The van der Waals surface area contributed by atoms with Crippen molar-refractivity contribution in [1.82, 2.24) is 20.0 Å². The molecule has 0 unspecified atom stereocenters. The first-order valence-corrected chi connectivity index (χ1v) is 9.28. The lowest BCUT2D eigenvalue weighted by Gasteiger charge is -2.04. The lowest BCUT2D eigenvalue weighted by Crippen LogP contribution is -2.32. The third kappa shape index (κ3) is 5.56. The van der Waals surface area contributed by atoms with Gasteiger partial charge in [-0.25, -0.2) is 14.5 Å². The summed E-state index contributed by atoms with van der Waals surface area (Å²) < 4.78 is 28.5. The highest BCUT2D eigenvalue weighted by Crippen LogP contribution is 2.20. The zero-order valence-corrected chi connectivity index (χ0v) is 14.3. The van der Waals surface area contributed by atoms with Crippen LogP contribution in [0.2, 0.25) is 0 Å². The van der Waals surface area contributed by atoms with Gasteiger partial charge in [-0.15, -0.1) is 0 Å². The molecule has 0 fully saturated rings. The van der Waals surface area contributed by atoms with Gasteiger partial charge in [-0.05, 0) is 34.9 Å². The van der Waals surface area contributed by atoms with Crippen LogP contribution < -0.4 is 9.86 Å². The fourth-order valence-corrected chi connectivity index (χ4v) is 3.15. The highest BCUT2D eigenvalue weighted by molar-refractivity contribution is 7.99. The molecule has 10 nitrogen and oxygen atoms in total. The van der Waals surface area contributed by atoms with Gasteiger partial charge in [-0.2, -0.15) is 8.42 Å². The van der Waals surface area contributed by atoms with Gasteiger partial charge < -0.3 is 5.21 Å². The number of oxime groups is 1. The molecular weight excluding hydrogens is 356 g/mol. The molecule has 0 bridgehead atoms. The summed E-state index contributed by atoms with van der Waals surface area (Å²) in [4.78, 5) is 4.10. The van der Waals surface area contributed by atoms with E-state index in [9.17, 15) is 13.6 Å². The minimum atomic E-state index is -3.73. The highest BCUT2D eigenvalue weighted by Gasteiger charge is 2.18. The first kappa shape index (κ1) is 18.3. The van der Waals surface area contributed by atoms with Crippen LogP contribution >= 0.6 is 11.8 Å². The summed E-state index contributed by atoms with van der Waals surface area (Å²) in [6.07, 6.45) is 1.98. The van der Waals surface area contributed by atoms with Crippen LogP contribution in [0.25, 0.3) is 0 Å². The van der Waals surface area contributed by atoms with E-state index in [2.05, 4.69) is 25.2 Å². The molecule has 24 heavy (non-hydrogen) atoms. The van der Waals surface area contributed by atoms with Gasteiger partial charge in [0.05, 0.1) is 0 Å². The van der Waals surface area contributed by atoms with Crippen LogP contribution in [0.5, 0.6) is 0 Å². The van der Waals surface area contributed by atoms with Crippen molar-refractivity contribution in [2.24, 2.45) is 10.3 Å². The van der Waals surface area contributed by atoms with Gasteiger partial charge in [0.15, 0.2) is 10.7 Å². The van der Waals surface area contributed by atoms with Crippen molar-refractivity contribution in [2.75, 3.05) is 12.3 Å². The topological polar surface area (TPSA) is 157 Å². The van der Waals surface area contributed by atoms with Crippen molar-refractivity contribution in [2.45, 2.75) is 18.4 Å². The number of pyridine rings is 1. The van der Waals surface area contributed by atoms with Crippen LogP contribution in [0.3, 0.4) is 0 Å². The van der Waals surface area contributed by atoms with Crippen LogP contribution in [0, 0.1) is 6.92 Å². The van der Waals surface area contributed by atoms with Gasteiger partial charge in [0.1, 0.15) is 5.71 Å². The number of rotatable bonds is 8. The van der Waals surface area contributed by atoms with Gasteiger partial charge in [-0.3, -0.25) is 4.98 Å². The predicted octanol–water partition coefficient (Wildman–Crippen LogP) is 0.0792. The molecule has 0 radical (unpaired) electrons. The maximum atomic E-state index is 10.8. The summed E-state index contributed by atoms with van der Waals surface area (Å²) in [6, 6.07) is 3.66. The molecule has 0 amide bonds. The summed E-state index contributed by atoms with van der Waals surface area (Å²) in [5.41, 5.74) is 2.31. The largest absolute Gasteiger partial charge is 0.411 e. The highest BCUT2D eigenvalue weighted by atomic mass is 32.2. The molecule has 0 aliphatic carbocycles. The Hall–Kier alpha value is -2.02. The van der Waals surface area contributed by atoms with E-state index in [1.54, 1.807) is 12.3 Å². The van der Waals surface area contributed by atoms with Crippen LogP contribution in [0.1, 0.15) is 17.0 Å². The van der Waals surface area contributed by atoms with Crippen LogP contribution in [0.4, 0.5) is 0 Å². The maximum Gasteiger partial charge on any atom is 0.274 e. The first-order valence-electron chi connectivity index (χ1n) is 6.74. The van der Waals surface area contributed by atoms with Crippen molar-refractivity contribution >= 4 is 27.7 Å². The van der Waals surface area contributed by atoms with Crippen LogP contribution in [0.15, 0.2) is 33.1 Å². The molecule has 2 aromatic heterocycles. The van der Waals surface area contributed by atoms with E-state index < -0.39 is 10.2 Å². The first-order chi connectivity index (χ1) is 11.4. The van der Waals surface area contributed by atoms with E-state index >= 15 is 0 Å². The minimum Gasteiger partial charge on any atom is -0.411 e. The number of hydrogen-bond donors (Lipinski definition) is 3. The molecule has 2 rings (SSSR count). The van der Waals surface area contributed by atoms with Crippen molar-refractivity contribution < 1.29 is 18.3 Å². The average molecular weight is 372 g/mol. The summed E-state index contributed by atoms with van der Waals surface area (Å²) in [6.45, 7) is 1.97. The monoisotopic (exact) mass is 372 g/mol. The summed E-state index contributed by atoms with van der Waals surface area (Å²) in [7, 11) is -3.73. The molecule has 130 valence electrons. The van der Waals surface area contributed by atoms with Crippen molar-refractivity contribution in [3.8, 4) is 0 Å². The Labute approximate surface area is 142 Å². The Morgan fingerprint density at radius 1 is 1.50 bits per heavy atom. The van der Waals surface area contributed by atoms with Crippen molar-refractivity contribution in [1.29, 1.82) is 0 Å². The second-order valence-corrected chi connectivity index (χ2v) is 7.20. The normalized spacial score (nSPS) is 12.5. The van der Waals surface area contributed by atoms with E-state index in [-0.39, 0.29) is 12.3 Å². The Morgan fingerprint density at radius 3 is 2.96 bits per heavy atom. The van der Waals surface area contributed by atoms with Gasteiger partial charge in [0.25, 0.3) is 10.2 Å². The van der Waals surface area contributed by atoms with E-state index in [0.717, 1.165) is 11.3 Å². The molecule has 12 heteroatoms. The molecular formula is C12H16N6O4S2. The second-order valence-electron chi connectivity index (χ2n) is 4.73. The Morgan fingerprint density at radius 2 is 2.29 bits per heavy atom. The summed E-state index contributed by atoms with van der Waals surface area (Å²) >= 11 is 1.20. The van der Waals surface area contributed by atoms with E-state index in [0.29, 0.717) is 22.9 Å². The van der Waals surface area contributed by atoms with Gasteiger partial charge in [0, 0.05) is 30.6 Å². The molecule has 0 aliphatic heterocycles. The molecule has 0 aromatic carbocycles. The fraction of sp³-hybridized carbons (Fsp3) is 0.333. The third-order valence-corrected chi connectivity index (χ3v) is 4.39. The number of nitrogens with zero attached hydrogens (tertiary/aromatic N) is 4. The molecule has 2 aromatic rings. The average Bonchev–Trinajstić information content (AvgIpc) is 2.96. The lowest BCUT2D eigenvalue weighted by molar-refractivity contribution is 0.296. The molecule has 0 atom stereocenters. The molecule has 0 saturated carbocycles. The molecule has 0 spiro atoms. The van der Waals surface area contributed by atoms with E-state index in [1.165, 1.54) is 11.8 Å². The molecule has 0 aliphatic rings. The van der Waals surface area contributed by atoms with Gasteiger partial charge in [0.2, 0.25) is 0 Å². The van der Waals surface area contributed by atoms with Gasteiger partial charge in [-0.1, -0.05) is 16.9 Å². The molecule has 2 heterocycles. The minimum absolute atomic E-state index is 0.116. The van der Waals surface area contributed by atoms with E-state index in [1.807, 2.05) is 13.0 Å². The molecule has 4 N–H and O–H groups in total. The number of nitrogens with two attached hydrogens (primary N) is 1. The zero-order valence-electron chi connectivity index (χ0n) is 12.7. The number of thioether (sulfide) groups is 1.